The van der Waals surface area contributed by atoms with Crippen LogP contribution in [0.3, 0.4) is 0 Å². The smallest absolute Gasteiger partial charge is 0.280 e. The molecule has 6 heteroatoms. The SMILES string of the molecule is CCn1nc(-c2ccccc2)c(-c2ccccc2)c(C(=O)Nc2cccc3c(O)cccc23)c1=O. The van der Waals surface area contributed by atoms with Crippen molar-refractivity contribution in [2.45, 2.75) is 13.5 Å². The van der Waals surface area contributed by atoms with Crippen molar-refractivity contribution in [1.82, 2.24) is 9.78 Å². The van der Waals surface area contributed by atoms with Crippen LogP contribution in [0.5, 0.6) is 5.75 Å². The molecule has 0 aliphatic rings. The van der Waals surface area contributed by atoms with E-state index < -0.39 is 11.5 Å². The predicted molar refractivity (Wildman–Crippen MR) is 139 cm³/mol. The number of amides is 1. The van der Waals surface area contributed by atoms with Crippen molar-refractivity contribution in [1.29, 1.82) is 0 Å². The summed E-state index contributed by atoms with van der Waals surface area (Å²) in [6.07, 6.45) is 0. The van der Waals surface area contributed by atoms with Gasteiger partial charge in [0.05, 0.1) is 5.69 Å². The minimum atomic E-state index is -0.536. The average Bonchev–Trinajstić information content (AvgIpc) is 2.90. The molecule has 35 heavy (non-hydrogen) atoms. The van der Waals surface area contributed by atoms with Crippen LogP contribution in [0, 0.1) is 0 Å². The Balaban J connectivity index is 1.75. The van der Waals surface area contributed by atoms with Crippen molar-refractivity contribution in [2.75, 3.05) is 5.32 Å². The number of hydrogen-bond acceptors (Lipinski definition) is 4. The van der Waals surface area contributed by atoms with Crippen molar-refractivity contribution in [3.63, 3.8) is 0 Å². The second-order valence-electron chi connectivity index (χ2n) is 8.08. The summed E-state index contributed by atoms with van der Waals surface area (Å²) in [5.41, 5.74) is 2.61. The number of hydrogen-bond donors (Lipinski definition) is 2. The third-order valence-corrected chi connectivity index (χ3v) is 5.94. The molecular formula is C29H23N3O3. The molecule has 4 aromatic carbocycles. The number of phenolic OH excluding ortho intramolecular Hbond substituents is 1. The van der Waals surface area contributed by atoms with Gasteiger partial charge < -0.3 is 10.4 Å². The molecule has 172 valence electrons. The number of fused-ring (bicyclic) bond motifs is 1. The highest BCUT2D eigenvalue weighted by Crippen LogP contribution is 2.34. The van der Waals surface area contributed by atoms with E-state index in [0.717, 1.165) is 11.1 Å². The fourth-order valence-electron chi connectivity index (χ4n) is 4.27. The van der Waals surface area contributed by atoms with Gasteiger partial charge in [0.1, 0.15) is 11.3 Å². The van der Waals surface area contributed by atoms with Crippen LogP contribution in [-0.2, 0) is 6.54 Å². The first-order chi connectivity index (χ1) is 17.1. The van der Waals surface area contributed by atoms with Crippen molar-refractivity contribution >= 4 is 22.4 Å². The number of phenols is 1. The normalized spacial score (nSPS) is 10.9. The Morgan fingerprint density at radius 3 is 2.14 bits per heavy atom. The summed E-state index contributed by atoms with van der Waals surface area (Å²) in [5.74, 6) is -0.418. The quantitative estimate of drug-likeness (QED) is 0.351. The van der Waals surface area contributed by atoms with E-state index in [9.17, 15) is 14.7 Å². The largest absolute Gasteiger partial charge is 0.507 e. The van der Waals surface area contributed by atoms with E-state index in [-0.39, 0.29) is 11.3 Å². The van der Waals surface area contributed by atoms with E-state index in [1.165, 1.54) is 4.68 Å². The standard InChI is InChI=1S/C29H23N3O3/c1-2-32-29(35)26(28(34)30-23-17-9-16-22-21(23)15-10-18-24(22)33)25(19-11-5-3-6-12-19)27(31-32)20-13-7-4-8-14-20/h3-18,33H,2H2,1H3,(H,30,34). The Morgan fingerprint density at radius 2 is 1.46 bits per heavy atom. The number of benzene rings is 4. The lowest BCUT2D eigenvalue weighted by atomic mass is 9.95. The molecule has 5 rings (SSSR count). The summed E-state index contributed by atoms with van der Waals surface area (Å²) in [6, 6.07) is 29.3. The summed E-state index contributed by atoms with van der Waals surface area (Å²) in [6.45, 7) is 2.14. The Labute approximate surface area is 202 Å². The zero-order chi connectivity index (χ0) is 24.4. The van der Waals surface area contributed by atoms with Gasteiger partial charge in [-0.05, 0) is 24.6 Å². The molecule has 0 atom stereocenters. The molecule has 1 heterocycles. The predicted octanol–water partition coefficient (Wildman–Crippen LogP) is 5.71. The number of carbonyl (C=O) groups excluding carboxylic acids is 1. The first kappa shape index (κ1) is 22.1. The monoisotopic (exact) mass is 461 g/mol. The first-order valence-corrected chi connectivity index (χ1v) is 11.4. The molecule has 0 aliphatic heterocycles. The minimum Gasteiger partial charge on any atom is -0.507 e. The minimum absolute atomic E-state index is 0.0176. The molecule has 0 saturated carbocycles. The zero-order valence-electron chi connectivity index (χ0n) is 19.1. The summed E-state index contributed by atoms with van der Waals surface area (Å²) >= 11 is 0. The van der Waals surface area contributed by atoms with Gasteiger partial charge in [-0.15, -0.1) is 0 Å². The van der Waals surface area contributed by atoms with Gasteiger partial charge in [-0.3, -0.25) is 9.59 Å². The van der Waals surface area contributed by atoms with E-state index in [1.54, 1.807) is 30.3 Å². The summed E-state index contributed by atoms with van der Waals surface area (Å²) < 4.78 is 1.32. The molecule has 5 aromatic rings. The molecule has 6 nitrogen and oxygen atoms in total. The van der Waals surface area contributed by atoms with E-state index in [0.29, 0.717) is 34.3 Å². The molecule has 0 radical (unpaired) electrons. The Morgan fingerprint density at radius 1 is 0.829 bits per heavy atom. The molecule has 1 amide bonds. The third kappa shape index (κ3) is 4.06. The van der Waals surface area contributed by atoms with Crippen LogP contribution in [0.15, 0.2) is 102 Å². The van der Waals surface area contributed by atoms with Crippen LogP contribution in [0.25, 0.3) is 33.2 Å². The van der Waals surface area contributed by atoms with Crippen LogP contribution in [0.4, 0.5) is 5.69 Å². The fraction of sp³-hybridized carbons (Fsp3) is 0.0690. The second kappa shape index (κ2) is 9.27. The lowest BCUT2D eigenvalue weighted by Crippen LogP contribution is -2.32. The van der Waals surface area contributed by atoms with Crippen LogP contribution in [0.1, 0.15) is 17.3 Å². The Kier molecular flexibility index (Phi) is 5.85. The van der Waals surface area contributed by atoms with Gasteiger partial charge in [-0.25, -0.2) is 4.68 Å². The molecule has 0 fully saturated rings. The number of aryl methyl sites for hydroxylation is 1. The summed E-state index contributed by atoms with van der Waals surface area (Å²) in [4.78, 5) is 27.3. The number of carbonyl (C=O) groups is 1. The second-order valence-corrected chi connectivity index (χ2v) is 8.08. The van der Waals surface area contributed by atoms with Crippen molar-refractivity contribution in [3.8, 4) is 28.1 Å². The Hall–Kier alpha value is -4.71. The Bertz CT molecular complexity index is 1590. The molecule has 1 aromatic heterocycles. The van der Waals surface area contributed by atoms with Crippen LogP contribution in [0.2, 0.25) is 0 Å². The number of nitrogens with one attached hydrogen (secondary N) is 1. The van der Waals surface area contributed by atoms with Crippen LogP contribution < -0.4 is 10.9 Å². The summed E-state index contributed by atoms with van der Waals surface area (Å²) in [5, 5.41) is 19.1. The maximum absolute atomic E-state index is 13.8. The molecule has 0 aliphatic carbocycles. The molecular weight excluding hydrogens is 438 g/mol. The van der Waals surface area contributed by atoms with E-state index in [1.807, 2.05) is 73.7 Å². The highest BCUT2D eigenvalue weighted by atomic mass is 16.3. The molecule has 0 spiro atoms. The van der Waals surface area contributed by atoms with Gasteiger partial charge in [-0.1, -0.05) is 84.9 Å². The fourth-order valence-corrected chi connectivity index (χ4v) is 4.27. The lowest BCUT2D eigenvalue weighted by Gasteiger charge is -2.17. The maximum Gasteiger partial charge on any atom is 0.280 e. The number of aromatic nitrogens is 2. The van der Waals surface area contributed by atoms with E-state index in [4.69, 9.17) is 0 Å². The number of anilines is 1. The van der Waals surface area contributed by atoms with Gasteiger partial charge in [0.15, 0.2) is 0 Å². The first-order valence-electron chi connectivity index (χ1n) is 11.4. The molecule has 0 bridgehead atoms. The van der Waals surface area contributed by atoms with Crippen LogP contribution in [-0.4, -0.2) is 20.8 Å². The zero-order valence-corrected chi connectivity index (χ0v) is 19.1. The number of aromatic hydroxyl groups is 1. The number of nitrogens with zero attached hydrogens (tertiary/aromatic N) is 2. The summed E-state index contributed by atoms with van der Waals surface area (Å²) in [7, 11) is 0. The van der Waals surface area contributed by atoms with E-state index in [2.05, 4.69) is 10.4 Å². The van der Waals surface area contributed by atoms with Gasteiger partial charge in [-0.2, -0.15) is 5.10 Å². The molecule has 0 unspecified atom stereocenters. The van der Waals surface area contributed by atoms with Crippen molar-refractivity contribution in [3.05, 3.63) is 113 Å². The third-order valence-electron chi connectivity index (χ3n) is 5.94. The molecule has 2 N–H and O–H groups in total. The van der Waals surface area contributed by atoms with Crippen molar-refractivity contribution < 1.29 is 9.90 Å². The topological polar surface area (TPSA) is 84.2 Å². The van der Waals surface area contributed by atoms with Gasteiger partial charge in [0.2, 0.25) is 0 Å². The number of rotatable bonds is 5. The maximum atomic E-state index is 13.8. The average molecular weight is 462 g/mol. The highest BCUT2D eigenvalue weighted by molar-refractivity contribution is 6.13. The molecule has 0 saturated heterocycles. The lowest BCUT2D eigenvalue weighted by molar-refractivity contribution is 0.102. The highest BCUT2D eigenvalue weighted by Gasteiger charge is 2.25. The van der Waals surface area contributed by atoms with E-state index >= 15 is 0 Å². The van der Waals surface area contributed by atoms with Crippen LogP contribution >= 0.6 is 0 Å². The van der Waals surface area contributed by atoms with Gasteiger partial charge in [0, 0.05) is 34.1 Å². The van der Waals surface area contributed by atoms with Crippen molar-refractivity contribution in [2.24, 2.45) is 0 Å². The van der Waals surface area contributed by atoms with Gasteiger partial charge in [0.25, 0.3) is 11.5 Å². The van der Waals surface area contributed by atoms with Gasteiger partial charge >= 0.3 is 0 Å².